The minimum atomic E-state index is -0.826. The Morgan fingerprint density at radius 2 is 0.758 bits per heavy atom. The third kappa shape index (κ3) is 11.7. The maximum absolute atomic E-state index is 4.93. The summed E-state index contributed by atoms with van der Waals surface area (Å²) in [7, 11) is 11.0. The molecule has 0 spiro atoms. The zero-order valence-electron chi connectivity index (χ0n) is 37.5. The van der Waals surface area contributed by atoms with Gasteiger partial charge in [0.2, 0.25) is 0 Å². The fourth-order valence-corrected chi connectivity index (χ4v) is 10.7. The first-order chi connectivity index (χ1) is 30.3. The quantitative estimate of drug-likeness (QED) is 0.0885. The van der Waals surface area contributed by atoms with Crippen molar-refractivity contribution in [1.29, 1.82) is 0 Å². The molecule has 0 bridgehead atoms. The van der Waals surface area contributed by atoms with Gasteiger partial charge in [-0.25, -0.2) is 0 Å². The summed E-state index contributed by atoms with van der Waals surface area (Å²) >= 11 is -0.826. The molecule has 8 aromatic carbocycles. The van der Waals surface area contributed by atoms with Crippen LogP contribution in [0.1, 0.15) is 102 Å². The summed E-state index contributed by atoms with van der Waals surface area (Å²) in [4.78, 5) is 0. The van der Waals surface area contributed by atoms with Crippen LogP contribution < -0.4 is 0 Å². The predicted octanol–water partition coefficient (Wildman–Crippen LogP) is 18.7. The number of hydrogen-bond donors (Lipinski definition) is 0. The predicted molar refractivity (Wildman–Crippen MR) is 273 cm³/mol. The van der Waals surface area contributed by atoms with Gasteiger partial charge in [-0.15, -0.1) is 69.1 Å². The number of rotatable bonds is 6. The van der Waals surface area contributed by atoms with Gasteiger partial charge in [0.25, 0.3) is 0 Å². The van der Waals surface area contributed by atoms with Crippen LogP contribution in [0.4, 0.5) is 0 Å². The van der Waals surface area contributed by atoms with Crippen molar-refractivity contribution in [2.24, 2.45) is 10.8 Å². The van der Waals surface area contributed by atoms with Crippen LogP contribution in [-0.2, 0) is 33.7 Å². The third-order valence-electron chi connectivity index (χ3n) is 13.7. The van der Waals surface area contributed by atoms with Crippen molar-refractivity contribution in [3.63, 3.8) is 0 Å². The summed E-state index contributed by atoms with van der Waals surface area (Å²) in [6.45, 7) is 9.34. The molecule has 8 aromatic rings. The standard InChI is InChI=1S/2C28H29.C2H6Si.2ClH.Zr/c2*1-28(16-6-2-3-7-17-28)20-21-18-23-12-9-15-26(27(23)19-21)25-14-8-11-22-10-4-5-13-24(22)25;1-3-2;;;/h2*4-5,8-15,18-19H,2-3,6-7,16-17,20H2,1H3;1-2H3;2*1H;/q2*-1;;;;+4/p-2. The second-order valence-corrected chi connectivity index (χ2v) is 23.5. The first-order valence-corrected chi connectivity index (χ1v) is 31.5. The van der Waals surface area contributed by atoms with Crippen LogP contribution in [0.25, 0.3) is 65.3 Å². The molecule has 2 fully saturated rings. The molecule has 10 rings (SSSR count). The number of benzene rings is 6. The van der Waals surface area contributed by atoms with E-state index >= 15 is 0 Å². The fraction of sp³-hybridized carbons (Fsp3) is 0.345. The first-order valence-electron chi connectivity index (χ1n) is 23.1. The Bertz CT molecular complexity index is 2440. The van der Waals surface area contributed by atoms with E-state index in [1.165, 1.54) is 166 Å². The van der Waals surface area contributed by atoms with E-state index in [0.717, 1.165) is 9.52 Å². The van der Waals surface area contributed by atoms with Crippen molar-refractivity contribution >= 4 is 69.6 Å². The molecule has 2 aliphatic carbocycles. The van der Waals surface area contributed by atoms with Crippen LogP contribution in [-0.4, -0.2) is 9.52 Å². The van der Waals surface area contributed by atoms with Gasteiger partial charge in [-0.2, -0.15) is 12.1 Å². The number of hydrogen-bond acceptors (Lipinski definition) is 0. The van der Waals surface area contributed by atoms with E-state index in [2.05, 4.69) is 173 Å². The molecule has 0 heterocycles. The molecule has 4 heteroatoms. The second kappa shape index (κ2) is 22.6. The molecule has 0 saturated heterocycles. The summed E-state index contributed by atoms with van der Waals surface area (Å²) in [5, 5.41) is 10.9. The molecule has 0 atom stereocenters. The average molecular weight is 951 g/mol. The Balaban J connectivity index is 0.000000166. The number of fused-ring (bicyclic) bond motifs is 4. The SMILES string of the molecule is CC1(Cc2cc3c(-c4cccc5ccccc45)cccc3[cH-]2)CCCCCC1.CC1(Cc2cc3c(-c4cccc5ccccc45)cccc3[cH-]2)CCCCCC1.C[Si]C.[Cl][Zr+2][Cl]. The van der Waals surface area contributed by atoms with Crippen LogP contribution in [0.5, 0.6) is 0 Å². The van der Waals surface area contributed by atoms with Gasteiger partial charge in [0.05, 0.1) is 0 Å². The van der Waals surface area contributed by atoms with E-state index in [1.807, 2.05) is 0 Å². The number of halogens is 2. The Kier molecular flexibility index (Phi) is 17.0. The van der Waals surface area contributed by atoms with E-state index in [1.54, 1.807) is 0 Å². The molecular formula is C58H64Cl2SiZr. The monoisotopic (exact) mass is 948 g/mol. The van der Waals surface area contributed by atoms with Crippen LogP contribution in [0.15, 0.2) is 146 Å². The zero-order chi connectivity index (χ0) is 43.4. The van der Waals surface area contributed by atoms with Crippen molar-refractivity contribution in [1.82, 2.24) is 0 Å². The van der Waals surface area contributed by atoms with Crippen molar-refractivity contribution < 1.29 is 20.8 Å². The Morgan fingerprint density at radius 1 is 0.452 bits per heavy atom. The van der Waals surface area contributed by atoms with Gasteiger partial charge >= 0.3 is 37.9 Å². The van der Waals surface area contributed by atoms with Crippen molar-refractivity contribution in [2.45, 2.75) is 117 Å². The average Bonchev–Trinajstić information content (AvgIpc) is 3.73. The summed E-state index contributed by atoms with van der Waals surface area (Å²) < 4.78 is 0. The third-order valence-corrected chi connectivity index (χ3v) is 13.7. The summed E-state index contributed by atoms with van der Waals surface area (Å²) in [5.41, 5.74) is 9.42. The van der Waals surface area contributed by atoms with E-state index in [4.69, 9.17) is 17.0 Å². The molecule has 2 radical (unpaired) electrons. The zero-order valence-corrected chi connectivity index (χ0v) is 42.5. The van der Waals surface area contributed by atoms with Gasteiger partial charge in [-0.3, -0.25) is 0 Å². The van der Waals surface area contributed by atoms with Gasteiger partial charge in [-0.05, 0) is 82.0 Å². The van der Waals surface area contributed by atoms with Gasteiger partial charge < -0.3 is 0 Å². The van der Waals surface area contributed by atoms with E-state index < -0.39 is 20.8 Å². The Labute approximate surface area is 394 Å². The van der Waals surface area contributed by atoms with Crippen LogP contribution >= 0.6 is 17.0 Å². The Hall–Kier alpha value is -3.26. The van der Waals surface area contributed by atoms with Crippen molar-refractivity contribution in [3.8, 4) is 22.3 Å². The van der Waals surface area contributed by atoms with Gasteiger partial charge in [-0.1, -0.05) is 186 Å². The molecule has 0 aliphatic heterocycles. The second-order valence-electron chi connectivity index (χ2n) is 18.8. The molecule has 0 N–H and O–H groups in total. The fourth-order valence-electron chi connectivity index (χ4n) is 10.7. The molecule has 62 heavy (non-hydrogen) atoms. The summed E-state index contributed by atoms with van der Waals surface area (Å²) in [6.07, 6.45) is 19.2. The van der Waals surface area contributed by atoms with Crippen molar-refractivity contribution in [2.75, 3.05) is 0 Å². The first kappa shape index (κ1) is 46.7. The molecule has 2 aliphatic rings. The van der Waals surface area contributed by atoms with Gasteiger partial charge in [0.15, 0.2) is 0 Å². The van der Waals surface area contributed by atoms with Crippen LogP contribution in [0, 0.1) is 10.8 Å². The molecule has 0 unspecified atom stereocenters. The maximum atomic E-state index is 4.93. The summed E-state index contributed by atoms with van der Waals surface area (Å²) in [5.74, 6) is 0. The molecule has 0 amide bonds. The minimum absolute atomic E-state index is 0.473. The molecule has 2 saturated carbocycles. The molecule has 0 aromatic heterocycles. The molecule has 318 valence electrons. The molecular weight excluding hydrogens is 887 g/mol. The van der Waals surface area contributed by atoms with Gasteiger partial charge in [0.1, 0.15) is 0 Å². The van der Waals surface area contributed by atoms with E-state index in [0.29, 0.717) is 10.8 Å². The van der Waals surface area contributed by atoms with E-state index in [9.17, 15) is 0 Å². The van der Waals surface area contributed by atoms with E-state index in [-0.39, 0.29) is 0 Å². The summed E-state index contributed by atoms with van der Waals surface area (Å²) in [6, 6.07) is 54.2. The topological polar surface area (TPSA) is 0 Å². The Morgan fingerprint density at radius 3 is 1.13 bits per heavy atom. The van der Waals surface area contributed by atoms with Gasteiger partial charge in [0, 0.05) is 9.52 Å². The normalized spacial score (nSPS) is 15.8. The van der Waals surface area contributed by atoms with Crippen LogP contribution in [0.2, 0.25) is 13.1 Å². The van der Waals surface area contributed by atoms with Crippen molar-refractivity contribution in [3.05, 3.63) is 157 Å². The molecule has 0 nitrogen and oxygen atoms in total. The van der Waals surface area contributed by atoms with Crippen LogP contribution in [0.3, 0.4) is 0 Å².